The number of rotatable bonds is 5. The van der Waals surface area contributed by atoms with E-state index in [1.807, 2.05) is 13.0 Å². The van der Waals surface area contributed by atoms with Crippen LogP contribution in [-0.4, -0.2) is 89.0 Å². The van der Waals surface area contributed by atoms with Gasteiger partial charge < -0.3 is 20.0 Å². The fraction of sp³-hybridized carbons (Fsp3) is 0.750. The Kier molecular flexibility index (Phi) is 6.90. The lowest BCUT2D eigenvalue weighted by Crippen LogP contribution is -2.48. The van der Waals surface area contributed by atoms with E-state index < -0.39 is 0 Å². The Morgan fingerprint density at radius 3 is 2.25 bits per heavy atom. The molecule has 6 rings (SSSR count). The number of fused-ring (bicyclic) bond motifs is 1. The monoisotopic (exact) mass is 493 g/mol. The molecule has 0 unspecified atom stereocenters. The lowest BCUT2D eigenvalue weighted by molar-refractivity contribution is 0.132. The molecule has 2 aromatic heterocycles. The molecule has 1 amide bonds. The first-order chi connectivity index (χ1) is 17.6. The van der Waals surface area contributed by atoms with Crippen molar-refractivity contribution in [3.05, 3.63) is 17.8 Å². The summed E-state index contributed by atoms with van der Waals surface area (Å²) >= 11 is 0. The minimum atomic E-state index is -0.127. The Morgan fingerprint density at radius 2 is 1.58 bits per heavy atom. The van der Waals surface area contributed by atoms with Gasteiger partial charge in [0.05, 0.1) is 11.2 Å². The molecule has 4 fully saturated rings. The Labute approximate surface area is 215 Å². The Bertz CT molecular complexity index is 1050. The van der Waals surface area contributed by atoms with Gasteiger partial charge >= 0.3 is 6.03 Å². The van der Waals surface area contributed by atoms with Gasteiger partial charge in [0.2, 0.25) is 0 Å². The summed E-state index contributed by atoms with van der Waals surface area (Å²) in [5.74, 6) is 1.01. The minimum absolute atomic E-state index is 0.127. The number of carbonyl (C=O) groups is 1. The number of aryl methyl sites for hydroxylation is 1. The van der Waals surface area contributed by atoms with E-state index in [9.17, 15) is 4.79 Å². The maximum Gasteiger partial charge on any atom is 0.342 e. The van der Waals surface area contributed by atoms with Crippen molar-refractivity contribution >= 4 is 22.9 Å². The molecule has 3 saturated heterocycles. The SMILES string of the molecule is Cc1nn(C(=O)NC2CCN(CCN3CCC4(CC3)CC4)CC2)c2ccc(N3CCCCCC3)nc12. The van der Waals surface area contributed by atoms with Crippen molar-refractivity contribution in [2.45, 2.75) is 77.2 Å². The van der Waals surface area contributed by atoms with Crippen LogP contribution in [0.1, 0.15) is 69.9 Å². The number of likely N-dealkylation sites (tertiary alicyclic amines) is 2. The molecule has 0 atom stereocenters. The van der Waals surface area contributed by atoms with E-state index in [-0.39, 0.29) is 12.1 Å². The van der Waals surface area contributed by atoms with Gasteiger partial charge in [0, 0.05) is 45.3 Å². The van der Waals surface area contributed by atoms with Crippen LogP contribution in [0.15, 0.2) is 12.1 Å². The van der Waals surface area contributed by atoms with E-state index in [4.69, 9.17) is 4.98 Å². The van der Waals surface area contributed by atoms with E-state index in [0.717, 1.165) is 73.5 Å². The maximum absolute atomic E-state index is 13.2. The van der Waals surface area contributed by atoms with Crippen molar-refractivity contribution < 1.29 is 4.79 Å². The second-order valence-electron chi connectivity index (χ2n) is 11.8. The lowest BCUT2D eigenvalue weighted by atomic mass is 9.94. The number of carbonyl (C=O) groups excluding carboxylic acids is 1. The normalized spacial score (nSPS) is 23.8. The van der Waals surface area contributed by atoms with Crippen LogP contribution in [0.2, 0.25) is 0 Å². The number of nitrogens with zero attached hydrogens (tertiary/aromatic N) is 6. The third-order valence-electron chi connectivity index (χ3n) is 9.32. The molecule has 8 nitrogen and oxygen atoms in total. The molecule has 1 aliphatic carbocycles. The zero-order chi connectivity index (χ0) is 24.5. The molecule has 0 aromatic carbocycles. The van der Waals surface area contributed by atoms with Crippen LogP contribution in [0, 0.1) is 12.3 Å². The van der Waals surface area contributed by atoms with Crippen LogP contribution in [0.3, 0.4) is 0 Å². The van der Waals surface area contributed by atoms with Gasteiger partial charge in [-0.15, -0.1) is 0 Å². The number of aromatic nitrogens is 3. The van der Waals surface area contributed by atoms with Gasteiger partial charge in [0.25, 0.3) is 0 Å². The van der Waals surface area contributed by atoms with Gasteiger partial charge in [-0.25, -0.2) is 9.78 Å². The first-order valence-corrected chi connectivity index (χ1v) is 14.5. The zero-order valence-electron chi connectivity index (χ0n) is 22.1. The van der Waals surface area contributed by atoms with Crippen molar-refractivity contribution in [1.29, 1.82) is 0 Å². The highest BCUT2D eigenvalue weighted by Crippen LogP contribution is 2.53. The second kappa shape index (κ2) is 10.3. The summed E-state index contributed by atoms with van der Waals surface area (Å²) in [5.41, 5.74) is 3.22. The fourth-order valence-electron chi connectivity index (χ4n) is 6.51. The number of nitrogens with one attached hydrogen (secondary N) is 1. The lowest BCUT2D eigenvalue weighted by Gasteiger charge is -2.36. The summed E-state index contributed by atoms with van der Waals surface area (Å²) in [6.07, 6.45) is 12.8. The first-order valence-electron chi connectivity index (χ1n) is 14.5. The molecule has 3 aliphatic heterocycles. The van der Waals surface area contributed by atoms with Crippen LogP contribution >= 0.6 is 0 Å². The predicted octanol–water partition coefficient (Wildman–Crippen LogP) is 4.02. The molecule has 5 heterocycles. The average molecular weight is 494 g/mol. The molecule has 0 radical (unpaired) electrons. The van der Waals surface area contributed by atoms with Crippen LogP contribution in [0.4, 0.5) is 10.6 Å². The maximum atomic E-state index is 13.2. The van der Waals surface area contributed by atoms with Crippen LogP contribution in [-0.2, 0) is 0 Å². The topological polar surface area (TPSA) is 69.5 Å². The largest absolute Gasteiger partial charge is 0.357 e. The molecule has 8 heteroatoms. The van der Waals surface area contributed by atoms with Gasteiger partial charge in [-0.3, -0.25) is 0 Å². The number of hydrogen-bond donors (Lipinski definition) is 1. The highest BCUT2D eigenvalue weighted by molar-refractivity contribution is 5.90. The van der Waals surface area contributed by atoms with Crippen molar-refractivity contribution in [3.63, 3.8) is 0 Å². The Balaban J connectivity index is 1.01. The minimum Gasteiger partial charge on any atom is -0.357 e. The molecule has 2 aromatic rings. The van der Waals surface area contributed by atoms with E-state index in [1.54, 1.807) is 0 Å². The van der Waals surface area contributed by atoms with Crippen molar-refractivity contribution in [2.24, 2.45) is 5.41 Å². The van der Waals surface area contributed by atoms with Gasteiger partial charge in [-0.2, -0.15) is 9.78 Å². The van der Waals surface area contributed by atoms with E-state index >= 15 is 0 Å². The third-order valence-corrected chi connectivity index (χ3v) is 9.32. The van der Waals surface area contributed by atoms with Gasteiger partial charge in [0.1, 0.15) is 11.3 Å². The number of piperidine rings is 2. The highest BCUT2D eigenvalue weighted by atomic mass is 16.2. The standard InChI is InChI=1S/C28H43N7O/c1-22-26-24(6-7-25(30-26)34-14-4-2-3-5-15-34)35(31-22)27(36)29-23-8-16-32(17-9-23)20-21-33-18-12-28(10-11-28)13-19-33/h6-7,23H,2-5,8-21H2,1H3,(H,29,36). The molecule has 4 aliphatic rings. The number of anilines is 1. The van der Waals surface area contributed by atoms with Crippen molar-refractivity contribution in [1.82, 2.24) is 29.9 Å². The first kappa shape index (κ1) is 24.2. The van der Waals surface area contributed by atoms with Crippen LogP contribution < -0.4 is 10.2 Å². The third kappa shape index (κ3) is 5.25. The predicted molar refractivity (Wildman–Crippen MR) is 144 cm³/mol. The smallest absolute Gasteiger partial charge is 0.342 e. The van der Waals surface area contributed by atoms with Gasteiger partial charge in [-0.1, -0.05) is 12.8 Å². The Morgan fingerprint density at radius 1 is 0.917 bits per heavy atom. The molecule has 196 valence electrons. The summed E-state index contributed by atoms with van der Waals surface area (Å²) in [4.78, 5) is 25.7. The summed E-state index contributed by atoms with van der Waals surface area (Å²) < 4.78 is 1.53. The van der Waals surface area contributed by atoms with Crippen molar-refractivity contribution in [2.75, 3.05) is 57.3 Å². The molecule has 1 N–H and O–H groups in total. The summed E-state index contributed by atoms with van der Waals surface area (Å²) in [6.45, 7) is 11.1. The number of hydrogen-bond acceptors (Lipinski definition) is 6. The molecule has 1 spiro atoms. The summed E-state index contributed by atoms with van der Waals surface area (Å²) in [6, 6.07) is 4.17. The Hall–Kier alpha value is -2.19. The zero-order valence-corrected chi connectivity index (χ0v) is 22.1. The van der Waals surface area contributed by atoms with Crippen molar-refractivity contribution in [3.8, 4) is 0 Å². The average Bonchev–Trinajstić information content (AvgIpc) is 3.65. The van der Waals surface area contributed by atoms with Crippen LogP contribution in [0.5, 0.6) is 0 Å². The number of pyridine rings is 1. The molecule has 0 bridgehead atoms. The quantitative estimate of drug-likeness (QED) is 0.679. The number of amides is 1. The van der Waals surface area contributed by atoms with E-state index in [2.05, 4.69) is 31.2 Å². The van der Waals surface area contributed by atoms with Gasteiger partial charge in [0.15, 0.2) is 0 Å². The molecular formula is C28H43N7O. The summed E-state index contributed by atoms with van der Waals surface area (Å²) in [5, 5.41) is 7.83. The van der Waals surface area contributed by atoms with Gasteiger partial charge in [-0.05, 0) is 88.9 Å². The fourth-order valence-corrected chi connectivity index (χ4v) is 6.51. The summed E-state index contributed by atoms with van der Waals surface area (Å²) in [7, 11) is 0. The molecule has 1 saturated carbocycles. The van der Waals surface area contributed by atoms with E-state index in [1.165, 1.54) is 75.7 Å². The second-order valence-corrected chi connectivity index (χ2v) is 11.8. The molecule has 36 heavy (non-hydrogen) atoms. The van der Waals surface area contributed by atoms with E-state index in [0.29, 0.717) is 0 Å². The molecular weight excluding hydrogens is 450 g/mol. The van der Waals surface area contributed by atoms with Crippen LogP contribution in [0.25, 0.3) is 11.0 Å². The highest BCUT2D eigenvalue weighted by Gasteiger charge is 2.44.